The molecule has 1 heterocycles. The largest absolute Gasteiger partial charge is 0.508 e. The highest BCUT2D eigenvalue weighted by Crippen LogP contribution is 2.20. The SMILES string of the molecule is NCc1cc(-c2ccc(O)cc2)n[nH]1. The molecule has 0 amide bonds. The number of nitrogens with two attached hydrogens (primary N) is 1. The molecule has 4 heteroatoms. The molecule has 0 unspecified atom stereocenters. The summed E-state index contributed by atoms with van der Waals surface area (Å²) in [4.78, 5) is 0. The van der Waals surface area contributed by atoms with Crippen LogP contribution in [0.1, 0.15) is 5.69 Å². The number of hydrogen-bond donors (Lipinski definition) is 3. The highest BCUT2D eigenvalue weighted by molar-refractivity contribution is 5.60. The molecule has 0 spiro atoms. The first-order valence-corrected chi connectivity index (χ1v) is 4.33. The van der Waals surface area contributed by atoms with E-state index in [1.165, 1.54) is 0 Å². The summed E-state index contributed by atoms with van der Waals surface area (Å²) >= 11 is 0. The van der Waals surface area contributed by atoms with Gasteiger partial charge in [0.05, 0.1) is 5.69 Å². The summed E-state index contributed by atoms with van der Waals surface area (Å²) in [6.07, 6.45) is 0. The van der Waals surface area contributed by atoms with Crippen molar-refractivity contribution in [3.63, 3.8) is 0 Å². The van der Waals surface area contributed by atoms with E-state index < -0.39 is 0 Å². The molecule has 0 saturated heterocycles. The summed E-state index contributed by atoms with van der Waals surface area (Å²) in [7, 11) is 0. The minimum absolute atomic E-state index is 0.253. The fraction of sp³-hybridized carbons (Fsp3) is 0.100. The zero-order chi connectivity index (χ0) is 9.97. The van der Waals surface area contributed by atoms with Crippen LogP contribution in [0.25, 0.3) is 11.3 Å². The second-order valence-corrected chi connectivity index (χ2v) is 3.03. The Morgan fingerprint density at radius 1 is 1.29 bits per heavy atom. The van der Waals surface area contributed by atoms with Gasteiger partial charge in [-0.2, -0.15) is 5.10 Å². The fourth-order valence-corrected chi connectivity index (χ4v) is 1.25. The van der Waals surface area contributed by atoms with Gasteiger partial charge in [-0.1, -0.05) is 0 Å². The molecule has 0 bridgehead atoms. The number of phenols is 1. The molecule has 1 aromatic heterocycles. The Hall–Kier alpha value is -1.81. The Bertz CT molecular complexity index is 419. The van der Waals surface area contributed by atoms with Gasteiger partial charge in [0.1, 0.15) is 5.75 Å². The third kappa shape index (κ3) is 1.60. The summed E-state index contributed by atoms with van der Waals surface area (Å²) in [5.74, 6) is 0.253. The number of aromatic hydroxyl groups is 1. The number of benzene rings is 1. The molecule has 72 valence electrons. The van der Waals surface area contributed by atoms with E-state index in [0.717, 1.165) is 17.0 Å². The van der Waals surface area contributed by atoms with Crippen molar-refractivity contribution in [2.24, 2.45) is 5.73 Å². The van der Waals surface area contributed by atoms with Gasteiger partial charge in [0.25, 0.3) is 0 Å². The summed E-state index contributed by atoms with van der Waals surface area (Å²) in [6.45, 7) is 0.449. The van der Waals surface area contributed by atoms with E-state index in [-0.39, 0.29) is 5.75 Å². The van der Waals surface area contributed by atoms with Gasteiger partial charge in [0.15, 0.2) is 0 Å². The number of rotatable bonds is 2. The van der Waals surface area contributed by atoms with Crippen molar-refractivity contribution in [1.29, 1.82) is 0 Å². The Morgan fingerprint density at radius 2 is 2.00 bits per heavy atom. The first kappa shape index (κ1) is 8.77. The Morgan fingerprint density at radius 3 is 2.57 bits per heavy atom. The number of aromatic nitrogens is 2. The normalized spacial score (nSPS) is 10.4. The number of nitrogens with zero attached hydrogens (tertiary/aromatic N) is 1. The van der Waals surface area contributed by atoms with Crippen LogP contribution in [0.15, 0.2) is 30.3 Å². The minimum Gasteiger partial charge on any atom is -0.508 e. The molecule has 4 nitrogen and oxygen atoms in total. The van der Waals surface area contributed by atoms with E-state index >= 15 is 0 Å². The average molecular weight is 189 g/mol. The van der Waals surface area contributed by atoms with Crippen molar-refractivity contribution in [3.05, 3.63) is 36.0 Å². The summed E-state index contributed by atoms with van der Waals surface area (Å²) in [5, 5.41) is 16.0. The van der Waals surface area contributed by atoms with Crippen LogP contribution < -0.4 is 5.73 Å². The molecule has 0 fully saturated rings. The third-order valence-corrected chi connectivity index (χ3v) is 2.01. The van der Waals surface area contributed by atoms with E-state index in [1.807, 2.05) is 18.2 Å². The van der Waals surface area contributed by atoms with Crippen LogP contribution in [0.4, 0.5) is 0 Å². The maximum Gasteiger partial charge on any atom is 0.115 e. The molecule has 1 aromatic carbocycles. The van der Waals surface area contributed by atoms with Crippen molar-refractivity contribution < 1.29 is 5.11 Å². The topological polar surface area (TPSA) is 74.9 Å². The molecule has 0 radical (unpaired) electrons. The number of phenolic OH excluding ortho intramolecular Hbond substituents is 1. The van der Waals surface area contributed by atoms with Gasteiger partial charge < -0.3 is 10.8 Å². The highest BCUT2D eigenvalue weighted by Gasteiger charge is 2.02. The molecule has 0 aliphatic rings. The Labute approximate surface area is 81.4 Å². The monoisotopic (exact) mass is 189 g/mol. The smallest absolute Gasteiger partial charge is 0.115 e. The Kier molecular flexibility index (Phi) is 2.20. The molecule has 2 aromatic rings. The zero-order valence-corrected chi connectivity index (χ0v) is 7.57. The van der Waals surface area contributed by atoms with E-state index in [0.29, 0.717) is 6.54 Å². The lowest BCUT2D eigenvalue weighted by molar-refractivity contribution is 0.475. The molecule has 2 rings (SSSR count). The third-order valence-electron chi connectivity index (χ3n) is 2.01. The number of aromatic amines is 1. The van der Waals surface area contributed by atoms with Crippen LogP contribution in [0.2, 0.25) is 0 Å². The Balaban J connectivity index is 2.34. The molecule has 0 aliphatic heterocycles. The van der Waals surface area contributed by atoms with Gasteiger partial charge in [0.2, 0.25) is 0 Å². The number of nitrogens with one attached hydrogen (secondary N) is 1. The van der Waals surface area contributed by atoms with E-state index in [1.54, 1.807) is 12.1 Å². The minimum atomic E-state index is 0.253. The molecular weight excluding hydrogens is 178 g/mol. The predicted molar refractivity (Wildman–Crippen MR) is 53.6 cm³/mol. The molecular formula is C10H11N3O. The second kappa shape index (κ2) is 3.51. The van der Waals surface area contributed by atoms with Crippen LogP contribution in [0.3, 0.4) is 0 Å². The van der Waals surface area contributed by atoms with Crippen molar-refractivity contribution in [3.8, 4) is 17.0 Å². The van der Waals surface area contributed by atoms with Gasteiger partial charge in [-0.25, -0.2) is 0 Å². The maximum absolute atomic E-state index is 9.11. The lowest BCUT2D eigenvalue weighted by Gasteiger charge is -1.95. The molecule has 4 N–H and O–H groups in total. The van der Waals surface area contributed by atoms with Crippen molar-refractivity contribution in [1.82, 2.24) is 10.2 Å². The van der Waals surface area contributed by atoms with E-state index in [2.05, 4.69) is 10.2 Å². The molecule has 0 saturated carbocycles. The van der Waals surface area contributed by atoms with Crippen molar-refractivity contribution >= 4 is 0 Å². The van der Waals surface area contributed by atoms with Crippen LogP contribution >= 0.6 is 0 Å². The summed E-state index contributed by atoms with van der Waals surface area (Å²) < 4.78 is 0. The lowest BCUT2D eigenvalue weighted by Crippen LogP contribution is -1.95. The molecule has 0 atom stereocenters. The van der Waals surface area contributed by atoms with Crippen LogP contribution in [-0.4, -0.2) is 15.3 Å². The first-order chi connectivity index (χ1) is 6.79. The van der Waals surface area contributed by atoms with Gasteiger partial charge in [-0.15, -0.1) is 0 Å². The summed E-state index contributed by atoms with van der Waals surface area (Å²) in [6, 6.07) is 8.78. The maximum atomic E-state index is 9.11. The van der Waals surface area contributed by atoms with E-state index in [4.69, 9.17) is 10.8 Å². The second-order valence-electron chi connectivity index (χ2n) is 3.03. The first-order valence-electron chi connectivity index (χ1n) is 4.33. The van der Waals surface area contributed by atoms with Crippen LogP contribution in [-0.2, 0) is 6.54 Å². The number of hydrogen-bond acceptors (Lipinski definition) is 3. The zero-order valence-electron chi connectivity index (χ0n) is 7.57. The van der Waals surface area contributed by atoms with Gasteiger partial charge in [0, 0.05) is 17.8 Å². The van der Waals surface area contributed by atoms with Crippen LogP contribution in [0, 0.1) is 0 Å². The quantitative estimate of drug-likeness (QED) is 0.665. The van der Waals surface area contributed by atoms with Crippen molar-refractivity contribution in [2.45, 2.75) is 6.54 Å². The van der Waals surface area contributed by atoms with Crippen LogP contribution in [0.5, 0.6) is 5.75 Å². The standard InChI is InChI=1S/C10H11N3O/c11-6-8-5-10(13-12-8)7-1-3-9(14)4-2-7/h1-5,14H,6,11H2,(H,12,13). The lowest BCUT2D eigenvalue weighted by atomic mass is 10.1. The highest BCUT2D eigenvalue weighted by atomic mass is 16.3. The van der Waals surface area contributed by atoms with Gasteiger partial charge in [-0.3, -0.25) is 5.10 Å². The molecule has 14 heavy (non-hydrogen) atoms. The van der Waals surface area contributed by atoms with Crippen molar-refractivity contribution in [2.75, 3.05) is 0 Å². The summed E-state index contributed by atoms with van der Waals surface area (Å²) in [5.41, 5.74) is 8.15. The fourth-order valence-electron chi connectivity index (χ4n) is 1.25. The molecule has 0 aliphatic carbocycles. The van der Waals surface area contributed by atoms with Gasteiger partial charge in [-0.05, 0) is 30.3 Å². The average Bonchev–Trinajstić information content (AvgIpc) is 2.67. The predicted octanol–water partition coefficient (Wildman–Crippen LogP) is 1.24. The number of H-pyrrole nitrogens is 1. The van der Waals surface area contributed by atoms with Gasteiger partial charge >= 0.3 is 0 Å². The van der Waals surface area contributed by atoms with E-state index in [9.17, 15) is 0 Å².